The van der Waals surface area contributed by atoms with E-state index in [9.17, 15) is 0 Å². The molecule has 1 atom stereocenters. The first-order chi connectivity index (χ1) is 10.4. The molecule has 0 saturated carbocycles. The Labute approximate surface area is 125 Å². The lowest BCUT2D eigenvalue weighted by Gasteiger charge is -2.29. The van der Waals surface area contributed by atoms with Gasteiger partial charge in [-0.3, -0.25) is 0 Å². The normalized spacial score (nSPS) is 21.3. The van der Waals surface area contributed by atoms with Crippen molar-refractivity contribution in [3.63, 3.8) is 0 Å². The second-order valence-electron chi connectivity index (χ2n) is 5.67. The van der Waals surface area contributed by atoms with Crippen LogP contribution in [0.15, 0.2) is 60.4 Å². The molecule has 0 aliphatic heterocycles. The minimum absolute atomic E-state index is 0.220. The van der Waals surface area contributed by atoms with Crippen molar-refractivity contribution in [3.05, 3.63) is 82.6 Å². The van der Waals surface area contributed by atoms with E-state index in [1.54, 1.807) is 0 Å². The highest BCUT2D eigenvalue weighted by molar-refractivity contribution is 5.81. The van der Waals surface area contributed by atoms with Gasteiger partial charge in [-0.1, -0.05) is 67.6 Å². The molecule has 4 rings (SSSR count). The van der Waals surface area contributed by atoms with Crippen LogP contribution in [0.4, 0.5) is 0 Å². The molecule has 21 heavy (non-hydrogen) atoms. The Hall–Kier alpha value is -2.28. The number of rotatable bonds is 3. The molecule has 2 aromatic carbocycles. The first kappa shape index (κ1) is 12.5. The maximum Gasteiger partial charge on any atom is 0.115 e. The molecule has 1 spiro atoms. The summed E-state index contributed by atoms with van der Waals surface area (Å²) < 4.78 is 6.14. The monoisotopic (exact) mass is 274 g/mol. The van der Waals surface area contributed by atoms with Gasteiger partial charge in [0.2, 0.25) is 0 Å². The van der Waals surface area contributed by atoms with E-state index in [0.717, 1.165) is 18.8 Å². The van der Waals surface area contributed by atoms with E-state index >= 15 is 0 Å². The van der Waals surface area contributed by atoms with E-state index in [4.69, 9.17) is 4.74 Å². The van der Waals surface area contributed by atoms with E-state index < -0.39 is 0 Å². The zero-order chi connectivity index (χ0) is 14.3. The highest BCUT2D eigenvalue weighted by atomic mass is 16.5. The van der Waals surface area contributed by atoms with Crippen LogP contribution < -0.4 is 0 Å². The molecule has 0 amide bonds. The summed E-state index contributed by atoms with van der Waals surface area (Å²) in [5.74, 6) is 1.06. The lowest BCUT2D eigenvalue weighted by atomic mass is 9.77. The van der Waals surface area contributed by atoms with E-state index in [-0.39, 0.29) is 5.41 Å². The zero-order valence-corrected chi connectivity index (χ0v) is 12.2. The van der Waals surface area contributed by atoms with Gasteiger partial charge in [-0.25, -0.2) is 0 Å². The van der Waals surface area contributed by atoms with E-state index in [0.29, 0.717) is 0 Å². The molecular formula is C20H18O. The predicted octanol–water partition coefficient (Wildman–Crippen LogP) is 4.78. The molecule has 0 radical (unpaired) electrons. The van der Waals surface area contributed by atoms with Crippen molar-refractivity contribution < 1.29 is 4.74 Å². The lowest BCUT2D eigenvalue weighted by Crippen LogP contribution is -2.25. The summed E-state index contributed by atoms with van der Waals surface area (Å²) in [4.78, 5) is 0. The van der Waals surface area contributed by atoms with Crippen molar-refractivity contribution >= 4 is 12.2 Å². The Morgan fingerprint density at radius 3 is 2.33 bits per heavy atom. The second-order valence-corrected chi connectivity index (χ2v) is 5.67. The topological polar surface area (TPSA) is 9.23 Å². The van der Waals surface area contributed by atoms with Gasteiger partial charge in [-0.2, -0.15) is 0 Å². The summed E-state index contributed by atoms with van der Waals surface area (Å²) >= 11 is 0. The molecular weight excluding hydrogens is 256 g/mol. The molecule has 0 aromatic heterocycles. The molecule has 2 aliphatic carbocycles. The number of ether oxygens (including phenoxy) is 1. The van der Waals surface area contributed by atoms with Crippen molar-refractivity contribution in [2.75, 3.05) is 6.61 Å². The minimum atomic E-state index is -0.220. The number of hydrogen-bond donors (Lipinski definition) is 0. The first-order valence-corrected chi connectivity index (χ1v) is 7.59. The minimum Gasteiger partial charge on any atom is -0.496 e. The smallest absolute Gasteiger partial charge is 0.115 e. The third-order valence-corrected chi connectivity index (χ3v) is 4.42. The Morgan fingerprint density at radius 2 is 1.57 bits per heavy atom. The molecule has 1 heteroatoms. The van der Waals surface area contributed by atoms with Crippen molar-refractivity contribution in [1.82, 2.24) is 0 Å². The van der Waals surface area contributed by atoms with Crippen LogP contribution in [-0.2, 0) is 10.2 Å². The first-order valence-electron chi connectivity index (χ1n) is 7.59. The van der Waals surface area contributed by atoms with Gasteiger partial charge in [0.05, 0.1) is 12.0 Å². The molecule has 0 fully saturated rings. The van der Waals surface area contributed by atoms with Crippen LogP contribution in [-0.4, -0.2) is 6.61 Å². The van der Waals surface area contributed by atoms with Gasteiger partial charge in [0.15, 0.2) is 0 Å². The van der Waals surface area contributed by atoms with Crippen LogP contribution in [0, 0.1) is 0 Å². The fourth-order valence-corrected chi connectivity index (χ4v) is 3.49. The summed E-state index contributed by atoms with van der Waals surface area (Å²) in [6.45, 7) is 2.91. The van der Waals surface area contributed by atoms with E-state index in [1.807, 2.05) is 0 Å². The molecule has 0 bridgehead atoms. The standard InChI is InChI=1S/C20H18O/c1-2-13-21-19-14-16-8-4-6-10-18(16)20(19)12-11-15-7-3-5-9-17(15)20/h3-12,14H,2,13H2,1H3. The van der Waals surface area contributed by atoms with Crippen molar-refractivity contribution in [1.29, 1.82) is 0 Å². The predicted molar refractivity (Wildman–Crippen MR) is 86.9 cm³/mol. The molecule has 2 aromatic rings. The maximum atomic E-state index is 6.14. The largest absolute Gasteiger partial charge is 0.496 e. The van der Waals surface area contributed by atoms with Crippen LogP contribution in [0.25, 0.3) is 12.2 Å². The molecule has 104 valence electrons. The van der Waals surface area contributed by atoms with Crippen LogP contribution in [0.5, 0.6) is 0 Å². The average Bonchev–Trinajstić information content (AvgIpc) is 3.07. The molecule has 0 saturated heterocycles. The van der Waals surface area contributed by atoms with Crippen molar-refractivity contribution in [3.8, 4) is 0 Å². The summed E-state index contributed by atoms with van der Waals surface area (Å²) in [6, 6.07) is 17.2. The lowest BCUT2D eigenvalue weighted by molar-refractivity contribution is 0.192. The van der Waals surface area contributed by atoms with Gasteiger partial charge in [0.25, 0.3) is 0 Å². The molecule has 1 nitrogen and oxygen atoms in total. The van der Waals surface area contributed by atoms with Crippen molar-refractivity contribution in [2.45, 2.75) is 18.8 Å². The Balaban J connectivity index is 1.94. The van der Waals surface area contributed by atoms with Gasteiger partial charge in [-0.15, -0.1) is 0 Å². The molecule has 2 aliphatic rings. The third-order valence-electron chi connectivity index (χ3n) is 4.42. The van der Waals surface area contributed by atoms with Crippen LogP contribution in [0.2, 0.25) is 0 Å². The van der Waals surface area contributed by atoms with E-state index in [2.05, 4.69) is 73.7 Å². The van der Waals surface area contributed by atoms with Gasteiger partial charge in [-0.05, 0) is 34.8 Å². The molecule has 0 N–H and O–H groups in total. The number of benzene rings is 2. The number of allylic oxidation sites excluding steroid dienone is 1. The van der Waals surface area contributed by atoms with Crippen LogP contribution in [0.1, 0.15) is 35.6 Å². The fourth-order valence-electron chi connectivity index (χ4n) is 3.49. The Bertz CT molecular complexity index is 741. The van der Waals surface area contributed by atoms with E-state index in [1.165, 1.54) is 22.3 Å². The van der Waals surface area contributed by atoms with Gasteiger partial charge >= 0.3 is 0 Å². The maximum absolute atomic E-state index is 6.14. The Morgan fingerprint density at radius 1 is 0.905 bits per heavy atom. The molecule has 0 heterocycles. The summed E-state index contributed by atoms with van der Waals surface area (Å²) in [6.07, 6.45) is 7.75. The van der Waals surface area contributed by atoms with Crippen molar-refractivity contribution in [2.24, 2.45) is 0 Å². The Kier molecular flexibility index (Phi) is 2.75. The SMILES string of the molecule is CCCOC1=Cc2ccccc2C12C=Cc1ccccc12. The van der Waals surface area contributed by atoms with Gasteiger partial charge < -0.3 is 4.74 Å². The summed E-state index contributed by atoms with van der Waals surface area (Å²) in [7, 11) is 0. The van der Waals surface area contributed by atoms with Crippen LogP contribution in [0.3, 0.4) is 0 Å². The highest BCUT2D eigenvalue weighted by Crippen LogP contribution is 2.52. The highest BCUT2D eigenvalue weighted by Gasteiger charge is 2.45. The summed E-state index contributed by atoms with van der Waals surface area (Å²) in [5.41, 5.74) is 5.00. The third kappa shape index (κ3) is 1.64. The van der Waals surface area contributed by atoms with Gasteiger partial charge in [0.1, 0.15) is 5.76 Å². The van der Waals surface area contributed by atoms with Gasteiger partial charge in [0, 0.05) is 0 Å². The summed E-state index contributed by atoms with van der Waals surface area (Å²) in [5, 5.41) is 0. The molecule has 1 unspecified atom stereocenters. The number of hydrogen-bond acceptors (Lipinski definition) is 1. The zero-order valence-electron chi connectivity index (χ0n) is 12.2. The fraction of sp³-hybridized carbons (Fsp3) is 0.200. The quantitative estimate of drug-likeness (QED) is 0.782. The second kappa shape index (κ2) is 4.63. The van der Waals surface area contributed by atoms with Crippen LogP contribution >= 0.6 is 0 Å². The number of fused-ring (bicyclic) bond motifs is 4. The average molecular weight is 274 g/mol.